The summed E-state index contributed by atoms with van der Waals surface area (Å²) in [6, 6.07) is 33.6. The summed E-state index contributed by atoms with van der Waals surface area (Å²) in [4.78, 5) is 0. The van der Waals surface area contributed by atoms with Gasteiger partial charge in [-0.3, -0.25) is 0 Å². The first-order chi connectivity index (χ1) is 25.2. The van der Waals surface area contributed by atoms with Gasteiger partial charge in [0.25, 0.3) is 8.32 Å². The van der Waals surface area contributed by atoms with Gasteiger partial charge in [-0.15, -0.1) is 0 Å². The van der Waals surface area contributed by atoms with Gasteiger partial charge in [-0.05, 0) is 119 Å². The minimum Gasteiger partial charge on any atom is -1.00 e. The zero-order valence-corrected chi connectivity index (χ0v) is 37.0. The molecule has 0 radical (unpaired) electrons. The number of halogens is 2. The van der Waals surface area contributed by atoms with E-state index in [9.17, 15) is 0 Å². The molecule has 0 aromatic heterocycles. The number of benzene rings is 3. The summed E-state index contributed by atoms with van der Waals surface area (Å²) in [7, 11) is -2.74. The van der Waals surface area contributed by atoms with Crippen molar-refractivity contribution in [1.29, 1.82) is 0 Å². The number of fused-ring (bicyclic) bond motifs is 6. The maximum absolute atomic E-state index is 7.62. The molecule has 282 valence electrons. The zero-order chi connectivity index (χ0) is 34.3. The molecule has 10 atom stereocenters. The standard InChI is InChI=1S/C49H58OSi.2ClH.Zr/c1-49(47-43-30-15-11-26-39(43)40-27-12-16-31-44(40)47,48-45-32-17-13-28-41(45)42-29-14-18-33-46(42)48)34-19-35-50-51(36-20-5-2-6-21-36,37-22-7-3-8-23-37)38-24-9-4-10-25-38;;;/h2-11,13,15,17,20-26,28,30,32,39-48H,12,14,16,18-19,27,29,31,33-35H2,1H3;2*1H;/q;;;+2/p-2. The molecule has 9 rings (SSSR count). The van der Waals surface area contributed by atoms with E-state index in [1.54, 1.807) is 0 Å². The second kappa shape index (κ2) is 18.2. The first kappa shape index (κ1) is 41.9. The van der Waals surface area contributed by atoms with E-state index in [0.29, 0.717) is 11.8 Å². The van der Waals surface area contributed by atoms with Crippen molar-refractivity contribution in [2.75, 3.05) is 6.61 Å². The third kappa shape index (κ3) is 7.30. The Bertz CT molecular complexity index is 1600. The average molecular weight is 853 g/mol. The first-order valence-corrected chi connectivity index (χ1v) is 22.6. The predicted octanol–water partition coefficient (Wildman–Crippen LogP) is 4.05. The maximum atomic E-state index is 7.62. The molecule has 54 heavy (non-hydrogen) atoms. The molecule has 6 aliphatic rings. The third-order valence-electron chi connectivity index (χ3n) is 15.2. The second-order valence-electron chi connectivity index (χ2n) is 17.4. The fourth-order valence-electron chi connectivity index (χ4n) is 13.5. The molecule has 3 aromatic rings. The molecule has 1 nitrogen and oxygen atoms in total. The van der Waals surface area contributed by atoms with Crippen molar-refractivity contribution >= 4 is 23.9 Å². The quantitative estimate of drug-likeness (QED) is 0.170. The molecule has 0 saturated heterocycles. The van der Waals surface area contributed by atoms with Gasteiger partial charge in [0.1, 0.15) is 0 Å². The van der Waals surface area contributed by atoms with E-state index in [0.717, 1.165) is 60.4 Å². The summed E-state index contributed by atoms with van der Waals surface area (Å²) < 4.78 is 7.62. The van der Waals surface area contributed by atoms with Crippen LogP contribution >= 0.6 is 0 Å². The Morgan fingerprint density at radius 2 is 0.870 bits per heavy atom. The van der Waals surface area contributed by atoms with Crippen LogP contribution in [0, 0.1) is 64.6 Å². The fraction of sp³-hybridized carbons (Fsp3) is 0.469. The van der Waals surface area contributed by atoms with Crippen molar-refractivity contribution in [3.63, 3.8) is 0 Å². The van der Waals surface area contributed by atoms with Crippen LogP contribution in [-0.2, 0) is 30.6 Å². The van der Waals surface area contributed by atoms with Crippen LogP contribution in [0.3, 0.4) is 0 Å². The average Bonchev–Trinajstić information content (AvgIpc) is 3.73. The summed E-state index contributed by atoms with van der Waals surface area (Å²) in [5, 5.41) is 4.03. The largest absolute Gasteiger partial charge is 2.00 e. The zero-order valence-electron chi connectivity index (χ0n) is 32.0. The molecule has 5 heteroatoms. The third-order valence-corrected chi connectivity index (χ3v) is 19.3. The molecule has 3 aromatic carbocycles. The topological polar surface area (TPSA) is 9.23 Å². The van der Waals surface area contributed by atoms with E-state index in [-0.39, 0.29) is 56.4 Å². The van der Waals surface area contributed by atoms with Gasteiger partial charge in [0, 0.05) is 6.61 Å². The molecule has 0 heterocycles. The van der Waals surface area contributed by atoms with E-state index in [2.05, 4.69) is 147 Å². The predicted molar refractivity (Wildman–Crippen MR) is 216 cm³/mol. The van der Waals surface area contributed by atoms with Gasteiger partial charge in [0.05, 0.1) is 0 Å². The Morgan fingerprint density at radius 3 is 1.26 bits per heavy atom. The van der Waals surface area contributed by atoms with Crippen LogP contribution in [0.15, 0.2) is 140 Å². The summed E-state index contributed by atoms with van der Waals surface area (Å²) >= 11 is 0. The van der Waals surface area contributed by atoms with Gasteiger partial charge in [-0.1, -0.05) is 172 Å². The van der Waals surface area contributed by atoms with Crippen molar-refractivity contribution in [2.24, 2.45) is 64.6 Å². The molecule has 0 amide bonds. The van der Waals surface area contributed by atoms with Crippen LogP contribution in [-0.4, -0.2) is 14.9 Å². The molecule has 4 fully saturated rings. The summed E-state index contributed by atoms with van der Waals surface area (Å²) in [6.07, 6.45) is 34.1. The maximum Gasteiger partial charge on any atom is 2.00 e. The van der Waals surface area contributed by atoms with E-state index in [1.807, 2.05) is 0 Å². The van der Waals surface area contributed by atoms with Crippen molar-refractivity contribution in [3.8, 4) is 0 Å². The molecular weight excluding hydrogens is 795 g/mol. The number of hydrogen-bond acceptors (Lipinski definition) is 1. The van der Waals surface area contributed by atoms with Crippen molar-refractivity contribution < 1.29 is 55.4 Å². The molecule has 0 spiro atoms. The molecule has 4 saturated carbocycles. The number of hydrogen-bond donors (Lipinski definition) is 0. The van der Waals surface area contributed by atoms with Gasteiger partial charge in [-0.25, -0.2) is 0 Å². The smallest absolute Gasteiger partial charge is 1.00 e. The van der Waals surface area contributed by atoms with Crippen LogP contribution in [0.1, 0.15) is 71.1 Å². The Balaban J connectivity index is 0.00000166. The summed E-state index contributed by atoms with van der Waals surface area (Å²) in [5.41, 5.74) is 0.268. The minimum atomic E-state index is -2.74. The second-order valence-corrected chi connectivity index (χ2v) is 20.7. The number of allylic oxidation sites excluding steroid dienone is 8. The van der Waals surface area contributed by atoms with Crippen LogP contribution in [0.2, 0.25) is 0 Å². The van der Waals surface area contributed by atoms with E-state index >= 15 is 0 Å². The summed E-state index contributed by atoms with van der Waals surface area (Å²) in [5.74, 6) is 7.76. The molecule has 6 aliphatic carbocycles. The molecule has 10 unspecified atom stereocenters. The van der Waals surface area contributed by atoms with Gasteiger partial charge in [0.15, 0.2) is 0 Å². The van der Waals surface area contributed by atoms with Crippen molar-refractivity contribution in [1.82, 2.24) is 0 Å². The van der Waals surface area contributed by atoms with E-state index < -0.39 is 8.32 Å². The monoisotopic (exact) mass is 850 g/mol. The van der Waals surface area contributed by atoms with E-state index in [4.69, 9.17) is 4.43 Å². The Labute approximate surface area is 358 Å². The van der Waals surface area contributed by atoms with Crippen molar-refractivity contribution in [2.45, 2.75) is 71.1 Å². The molecular formula is C49H58Cl2OSiZr. The van der Waals surface area contributed by atoms with Crippen LogP contribution in [0.4, 0.5) is 0 Å². The van der Waals surface area contributed by atoms with Gasteiger partial charge in [0.2, 0.25) is 0 Å². The normalized spacial score (nSPS) is 32.8. The Hall–Kier alpha value is -1.74. The molecule has 0 N–H and O–H groups in total. The van der Waals surface area contributed by atoms with Gasteiger partial charge >= 0.3 is 26.2 Å². The SMILES string of the molecule is CC(CCCO[Si](c1ccccc1)(c1ccccc1)c1ccccc1)(C1C2C=CC=CC2C2CCCCC21)C1C2C=CC=CC2C2CCCCC21.[Cl-].[Cl-].[Zr+2]. The van der Waals surface area contributed by atoms with Crippen LogP contribution in [0.25, 0.3) is 0 Å². The molecule has 0 aliphatic heterocycles. The summed E-state index contributed by atoms with van der Waals surface area (Å²) in [6.45, 7) is 3.63. The first-order valence-electron chi connectivity index (χ1n) is 20.7. The van der Waals surface area contributed by atoms with Crippen LogP contribution < -0.4 is 40.4 Å². The van der Waals surface area contributed by atoms with Crippen LogP contribution in [0.5, 0.6) is 0 Å². The van der Waals surface area contributed by atoms with E-state index in [1.165, 1.54) is 73.3 Å². The Morgan fingerprint density at radius 1 is 0.519 bits per heavy atom. The van der Waals surface area contributed by atoms with Gasteiger partial charge in [-0.2, -0.15) is 0 Å². The fourth-order valence-corrected chi connectivity index (χ4v) is 17.4. The van der Waals surface area contributed by atoms with Crippen molar-refractivity contribution in [3.05, 3.63) is 140 Å². The minimum absolute atomic E-state index is 0. The Kier molecular flexibility index (Phi) is 14.1. The number of rotatable bonds is 10. The van der Waals surface area contributed by atoms with Gasteiger partial charge < -0.3 is 29.2 Å². The molecule has 0 bridgehead atoms.